The molecule has 3 heteroatoms. The Morgan fingerprint density at radius 2 is 1.23 bits per heavy atom. The van der Waals surface area contributed by atoms with Gasteiger partial charge in [0.1, 0.15) is 0 Å². The molecule has 0 aromatic heterocycles. The average molecular weight is 287 g/mol. The van der Waals surface area contributed by atoms with Gasteiger partial charge in [0.2, 0.25) is 0 Å². The summed E-state index contributed by atoms with van der Waals surface area (Å²) >= 11 is 0. The summed E-state index contributed by atoms with van der Waals surface area (Å²) in [4.78, 5) is 0. The van der Waals surface area contributed by atoms with Gasteiger partial charge in [-0.15, -0.1) is 0 Å². The molecule has 3 nitrogen and oxygen atoms in total. The summed E-state index contributed by atoms with van der Waals surface area (Å²) < 4.78 is 0. The van der Waals surface area contributed by atoms with Crippen molar-refractivity contribution in [1.29, 1.82) is 5.41 Å². The van der Waals surface area contributed by atoms with E-state index in [0.717, 1.165) is 33.6 Å². The van der Waals surface area contributed by atoms with Crippen LogP contribution >= 0.6 is 0 Å². The molecule has 0 saturated carbocycles. The highest BCUT2D eigenvalue weighted by Gasteiger charge is 2.11. The summed E-state index contributed by atoms with van der Waals surface area (Å²) in [6, 6.07) is 15.6. The Balaban J connectivity index is 2.24. The molecule has 0 heterocycles. The molecule has 2 aromatic rings. The zero-order valence-electron chi connectivity index (χ0n) is 12.1. The first-order valence-electron chi connectivity index (χ1n) is 7.04. The minimum absolute atomic E-state index is 0.489. The zero-order chi connectivity index (χ0) is 15.5. The van der Waals surface area contributed by atoms with Crippen LogP contribution in [-0.4, -0.2) is 5.71 Å². The Labute approximate surface area is 129 Å². The lowest BCUT2D eigenvalue weighted by atomic mass is 9.90. The van der Waals surface area contributed by atoms with Gasteiger partial charge in [-0.1, -0.05) is 36.4 Å². The van der Waals surface area contributed by atoms with Crippen LogP contribution in [0.4, 0.5) is 11.4 Å². The first kappa shape index (κ1) is 13.9. The van der Waals surface area contributed by atoms with E-state index in [4.69, 9.17) is 16.9 Å². The number of nitrogens with two attached hydrogens (primary N) is 2. The first-order valence-corrected chi connectivity index (χ1v) is 7.04. The van der Waals surface area contributed by atoms with Crippen LogP contribution < -0.4 is 11.5 Å². The van der Waals surface area contributed by atoms with Gasteiger partial charge in [0, 0.05) is 11.4 Å². The predicted octanol–water partition coefficient (Wildman–Crippen LogP) is 3.80. The minimum Gasteiger partial charge on any atom is -0.399 e. The van der Waals surface area contributed by atoms with Crippen molar-refractivity contribution in [3.05, 3.63) is 89.5 Å². The van der Waals surface area contributed by atoms with E-state index < -0.39 is 0 Å². The Morgan fingerprint density at radius 3 is 1.68 bits per heavy atom. The number of allylic oxidation sites excluding steroid dienone is 5. The standard InChI is InChI=1S/C19H17N3/c20-16-9-7-13(8-10-16)19(14-3-1-5-17(21)11-14)15-4-2-6-18(22)12-15/h1-12,20H,21-22H2. The second-order valence-electron chi connectivity index (χ2n) is 5.20. The molecule has 0 spiro atoms. The van der Waals surface area contributed by atoms with Crippen LogP contribution in [0.3, 0.4) is 0 Å². The summed E-state index contributed by atoms with van der Waals surface area (Å²) in [5.41, 5.74) is 18.0. The molecular formula is C19H17N3. The Kier molecular flexibility index (Phi) is 3.62. The summed E-state index contributed by atoms with van der Waals surface area (Å²) in [7, 11) is 0. The van der Waals surface area contributed by atoms with Gasteiger partial charge < -0.3 is 16.9 Å². The SMILES string of the molecule is N=C1C=CC(=C(c2cccc(N)c2)c2cccc(N)c2)C=C1. The van der Waals surface area contributed by atoms with Gasteiger partial charge in [0.05, 0.1) is 5.71 Å². The number of hydrogen-bond donors (Lipinski definition) is 3. The topological polar surface area (TPSA) is 75.9 Å². The van der Waals surface area contributed by atoms with Gasteiger partial charge in [-0.2, -0.15) is 0 Å². The molecule has 0 radical (unpaired) electrons. The second kappa shape index (κ2) is 5.74. The molecule has 0 unspecified atom stereocenters. The van der Waals surface area contributed by atoms with Crippen molar-refractivity contribution in [3.8, 4) is 0 Å². The second-order valence-corrected chi connectivity index (χ2v) is 5.20. The van der Waals surface area contributed by atoms with Crippen molar-refractivity contribution in [2.45, 2.75) is 0 Å². The molecule has 22 heavy (non-hydrogen) atoms. The van der Waals surface area contributed by atoms with Crippen LogP contribution in [0.15, 0.2) is 78.4 Å². The third kappa shape index (κ3) is 2.83. The Bertz CT molecular complexity index is 761. The van der Waals surface area contributed by atoms with Crippen LogP contribution in [0.2, 0.25) is 0 Å². The molecule has 1 aliphatic rings. The van der Waals surface area contributed by atoms with Crippen molar-refractivity contribution < 1.29 is 0 Å². The molecule has 0 saturated heterocycles. The van der Waals surface area contributed by atoms with Gasteiger partial charge in [-0.25, -0.2) is 0 Å². The molecule has 0 amide bonds. The third-order valence-electron chi connectivity index (χ3n) is 3.52. The van der Waals surface area contributed by atoms with E-state index >= 15 is 0 Å². The van der Waals surface area contributed by atoms with Gasteiger partial charge in [0.15, 0.2) is 0 Å². The van der Waals surface area contributed by atoms with Crippen LogP contribution in [0.5, 0.6) is 0 Å². The molecule has 0 fully saturated rings. The highest BCUT2D eigenvalue weighted by Crippen LogP contribution is 2.31. The summed E-state index contributed by atoms with van der Waals surface area (Å²) in [5, 5.41) is 7.66. The minimum atomic E-state index is 0.489. The van der Waals surface area contributed by atoms with E-state index in [1.165, 1.54) is 0 Å². The van der Waals surface area contributed by atoms with E-state index in [1.807, 2.05) is 60.7 Å². The number of benzene rings is 2. The highest BCUT2D eigenvalue weighted by atomic mass is 14.5. The molecule has 3 rings (SSSR count). The number of rotatable bonds is 2. The fourth-order valence-electron chi connectivity index (χ4n) is 2.53. The van der Waals surface area contributed by atoms with Crippen molar-refractivity contribution in [1.82, 2.24) is 0 Å². The van der Waals surface area contributed by atoms with Gasteiger partial charge in [0.25, 0.3) is 0 Å². The Morgan fingerprint density at radius 1 is 0.727 bits per heavy atom. The van der Waals surface area contributed by atoms with Gasteiger partial charge in [-0.05, 0) is 58.7 Å². The number of hydrogen-bond acceptors (Lipinski definition) is 3. The normalized spacial score (nSPS) is 13.5. The fraction of sp³-hybridized carbons (Fsp3) is 0. The largest absolute Gasteiger partial charge is 0.399 e. The maximum atomic E-state index is 7.66. The molecule has 0 aliphatic heterocycles. The molecular weight excluding hydrogens is 270 g/mol. The van der Waals surface area contributed by atoms with E-state index in [9.17, 15) is 0 Å². The number of nitrogens with one attached hydrogen (secondary N) is 1. The van der Waals surface area contributed by atoms with E-state index in [2.05, 4.69) is 0 Å². The maximum absolute atomic E-state index is 7.66. The fourth-order valence-corrected chi connectivity index (χ4v) is 2.53. The highest BCUT2D eigenvalue weighted by molar-refractivity contribution is 6.05. The quantitative estimate of drug-likeness (QED) is 0.735. The summed E-state index contributed by atoms with van der Waals surface area (Å²) in [6.45, 7) is 0. The number of anilines is 2. The van der Waals surface area contributed by atoms with Crippen LogP contribution in [0.1, 0.15) is 11.1 Å². The van der Waals surface area contributed by atoms with Crippen molar-refractivity contribution in [2.24, 2.45) is 0 Å². The molecule has 2 aromatic carbocycles. The van der Waals surface area contributed by atoms with E-state index in [1.54, 1.807) is 12.2 Å². The third-order valence-corrected chi connectivity index (χ3v) is 3.52. The molecule has 0 atom stereocenters. The van der Waals surface area contributed by atoms with Crippen molar-refractivity contribution in [3.63, 3.8) is 0 Å². The lowest BCUT2D eigenvalue weighted by Gasteiger charge is -2.14. The molecule has 1 aliphatic carbocycles. The van der Waals surface area contributed by atoms with Crippen LogP contribution in [0.25, 0.3) is 5.57 Å². The summed E-state index contributed by atoms with van der Waals surface area (Å²) in [5.74, 6) is 0. The molecule has 108 valence electrons. The lowest BCUT2D eigenvalue weighted by Crippen LogP contribution is -1.98. The maximum Gasteiger partial charge on any atom is 0.0540 e. The van der Waals surface area contributed by atoms with Gasteiger partial charge >= 0.3 is 0 Å². The van der Waals surface area contributed by atoms with Crippen molar-refractivity contribution in [2.75, 3.05) is 11.5 Å². The monoisotopic (exact) mass is 287 g/mol. The smallest absolute Gasteiger partial charge is 0.0540 e. The molecule has 5 N–H and O–H groups in total. The first-order chi connectivity index (χ1) is 10.6. The van der Waals surface area contributed by atoms with Crippen LogP contribution in [-0.2, 0) is 0 Å². The molecule has 0 bridgehead atoms. The van der Waals surface area contributed by atoms with Crippen LogP contribution in [0, 0.1) is 5.41 Å². The van der Waals surface area contributed by atoms with E-state index in [-0.39, 0.29) is 0 Å². The van der Waals surface area contributed by atoms with Gasteiger partial charge in [-0.3, -0.25) is 0 Å². The predicted molar refractivity (Wildman–Crippen MR) is 93.7 cm³/mol. The van der Waals surface area contributed by atoms with Crippen molar-refractivity contribution >= 4 is 22.7 Å². The van der Waals surface area contributed by atoms with E-state index in [0.29, 0.717) is 5.71 Å². The zero-order valence-corrected chi connectivity index (χ0v) is 12.1. The average Bonchev–Trinajstić information content (AvgIpc) is 2.50. The lowest BCUT2D eigenvalue weighted by molar-refractivity contribution is 1.49. The Hall–Kier alpha value is -3.07. The summed E-state index contributed by atoms with van der Waals surface area (Å²) in [6.07, 6.45) is 7.47. The number of nitrogen functional groups attached to an aromatic ring is 2.